The third-order valence-corrected chi connectivity index (χ3v) is 4.56. The van der Waals surface area contributed by atoms with Crippen LogP contribution in [0, 0.1) is 0 Å². The molecule has 2 heterocycles. The number of carbonyl (C=O) groups is 1. The number of thiazole rings is 1. The van der Waals surface area contributed by atoms with Gasteiger partial charge in [0, 0.05) is 5.41 Å². The largest absolute Gasteiger partial charge is 0.477 e. The van der Waals surface area contributed by atoms with E-state index in [4.69, 9.17) is 0 Å². The number of hydrogen-bond donors (Lipinski definition) is 1. The molecule has 0 amide bonds. The Morgan fingerprint density at radius 3 is 2.59 bits per heavy atom. The van der Waals surface area contributed by atoms with Gasteiger partial charge in [0.25, 0.3) is 0 Å². The summed E-state index contributed by atoms with van der Waals surface area (Å²) in [6.07, 6.45) is 0. The zero-order chi connectivity index (χ0) is 12.6. The van der Waals surface area contributed by atoms with Gasteiger partial charge >= 0.3 is 5.97 Å². The molecule has 0 saturated heterocycles. The monoisotopic (exact) mass is 267 g/mol. The highest BCUT2D eigenvalue weighted by atomic mass is 32.1. The highest BCUT2D eigenvalue weighted by molar-refractivity contribution is 7.16. The number of thiophene rings is 1. The second kappa shape index (κ2) is 4.23. The van der Waals surface area contributed by atoms with Crippen molar-refractivity contribution in [2.75, 3.05) is 0 Å². The predicted octanol–water partition coefficient (Wildman–Crippen LogP) is 3.87. The SMILES string of the molecule is CC(C)(C)c1nc(-c2cccs2)c(C(=O)O)s1. The number of hydrogen-bond acceptors (Lipinski definition) is 4. The molecule has 0 radical (unpaired) electrons. The van der Waals surface area contributed by atoms with Gasteiger partial charge in [-0.2, -0.15) is 0 Å². The second-order valence-corrected chi connectivity index (χ2v) is 6.68. The van der Waals surface area contributed by atoms with Crippen LogP contribution >= 0.6 is 22.7 Å². The highest BCUT2D eigenvalue weighted by Gasteiger charge is 2.25. The topological polar surface area (TPSA) is 50.2 Å². The number of carboxylic acid groups (broad SMARTS) is 1. The molecular formula is C12H13NO2S2. The normalized spacial score (nSPS) is 11.7. The molecule has 0 saturated carbocycles. The van der Waals surface area contributed by atoms with E-state index in [0.29, 0.717) is 10.6 Å². The van der Waals surface area contributed by atoms with Crippen molar-refractivity contribution in [1.29, 1.82) is 0 Å². The molecular weight excluding hydrogens is 254 g/mol. The Bertz CT molecular complexity index is 535. The fraction of sp³-hybridized carbons (Fsp3) is 0.333. The predicted molar refractivity (Wildman–Crippen MR) is 71.1 cm³/mol. The van der Waals surface area contributed by atoms with Crippen LogP contribution in [0.1, 0.15) is 35.5 Å². The minimum absolute atomic E-state index is 0.121. The maximum atomic E-state index is 11.2. The number of aromatic nitrogens is 1. The number of nitrogens with zero attached hydrogens (tertiary/aromatic N) is 1. The van der Waals surface area contributed by atoms with Gasteiger partial charge in [0.15, 0.2) is 0 Å². The maximum absolute atomic E-state index is 11.2. The lowest BCUT2D eigenvalue weighted by molar-refractivity contribution is 0.0703. The van der Waals surface area contributed by atoms with Crippen LogP contribution in [0.5, 0.6) is 0 Å². The third kappa shape index (κ3) is 2.40. The fourth-order valence-electron chi connectivity index (χ4n) is 1.37. The Balaban J connectivity index is 2.58. The average Bonchev–Trinajstić information content (AvgIpc) is 2.85. The molecule has 17 heavy (non-hydrogen) atoms. The Morgan fingerprint density at radius 1 is 1.41 bits per heavy atom. The van der Waals surface area contributed by atoms with E-state index >= 15 is 0 Å². The van der Waals surface area contributed by atoms with Gasteiger partial charge < -0.3 is 5.11 Å². The van der Waals surface area contributed by atoms with Crippen LogP contribution in [0.4, 0.5) is 0 Å². The molecule has 90 valence electrons. The minimum atomic E-state index is -0.901. The minimum Gasteiger partial charge on any atom is -0.477 e. The summed E-state index contributed by atoms with van der Waals surface area (Å²) in [5, 5.41) is 12.0. The van der Waals surface area contributed by atoms with Crippen molar-refractivity contribution in [3.05, 3.63) is 27.4 Å². The van der Waals surface area contributed by atoms with Gasteiger partial charge in [-0.15, -0.1) is 22.7 Å². The van der Waals surface area contributed by atoms with E-state index < -0.39 is 5.97 Å². The van der Waals surface area contributed by atoms with Crippen LogP contribution in [0.3, 0.4) is 0 Å². The molecule has 5 heteroatoms. The maximum Gasteiger partial charge on any atom is 0.348 e. The molecule has 2 aromatic rings. The van der Waals surface area contributed by atoms with Crippen LogP contribution in [-0.2, 0) is 5.41 Å². The molecule has 3 nitrogen and oxygen atoms in total. The van der Waals surface area contributed by atoms with Crippen LogP contribution in [0.2, 0.25) is 0 Å². The van der Waals surface area contributed by atoms with Gasteiger partial charge in [0.1, 0.15) is 10.6 Å². The van der Waals surface area contributed by atoms with Gasteiger partial charge in [-0.3, -0.25) is 0 Å². The van der Waals surface area contributed by atoms with E-state index in [2.05, 4.69) is 4.98 Å². The van der Waals surface area contributed by atoms with E-state index in [1.165, 1.54) is 22.7 Å². The summed E-state index contributed by atoms with van der Waals surface area (Å²) in [5.74, 6) is -0.901. The Kier molecular flexibility index (Phi) is 3.05. The van der Waals surface area contributed by atoms with Gasteiger partial charge in [-0.1, -0.05) is 26.8 Å². The zero-order valence-electron chi connectivity index (χ0n) is 9.85. The van der Waals surface area contributed by atoms with E-state index in [0.717, 1.165) is 9.88 Å². The smallest absolute Gasteiger partial charge is 0.348 e. The van der Waals surface area contributed by atoms with Crippen LogP contribution in [0.25, 0.3) is 10.6 Å². The molecule has 0 bridgehead atoms. The molecule has 0 spiro atoms. The Labute approximate surface area is 108 Å². The first-order valence-corrected chi connectivity index (χ1v) is 6.87. The molecule has 0 unspecified atom stereocenters. The summed E-state index contributed by atoms with van der Waals surface area (Å²) >= 11 is 2.78. The first-order valence-electron chi connectivity index (χ1n) is 5.18. The number of aromatic carboxylic acids is 1. The highest BCUT2D eigenvalue weighted by Crippen LogP contribution is 2.36. The van der Waals surface area contributed by atoms with E-state index in [9.17, 15) is 9.90 Å². The third-order valence-electron chi connectivity index (χ3n) is 2.22. The van der Waals surface area contributed by atoms with Crippen molar-refractivity contribution in [2.45, 2.75) is 26.2 Å². The lowest BCUT2D eigenvalue weighted by Crippen LogP contribution is -2.10. The van der Waals surface area contributed by atoms with E-state index in [1.54, 1.807) is 0 Å². The van der Waals surface area contributed by atoms with Gasteiger partial charge in [0.2, 0.25) is 0 Å². The van der Waals surface area contributed by atoms with E-state index in [1.807, 2.05) is 38.3 Å². The van der Waals surface area contributed by atoms with Crippen molar-refractivity contribution in [2.24, 2.45) is 0 Å². The van der Waals surface area contributed by atoms with Crippen molar-refractivity contribution < 1.29 is 9.90 Å². The number of rotatable bonds is 2. The summed E-state index contributed by atoms with van der Waals surface area (Å²) in [5.41, 5.74) is 0.479. The fourth-order valence-corrected chi connectivity index (χ4v) is 3.13. The Hall–Kier alpha value is -1.20. The summed E-state index contributed by atoms with van der Waals surface area (Å²) in [7, 11) is 0. The second-order valence-electron chi connectivity index (χ2n) is 4.73. The summed E-state index contributed by atoms with van der Waals surface area (Å²) < 4.78 is 0. The van der Waals surface area contributed by atoms with Crippen LogP contribution < -0.4 is 0 Å². The van der Waals surface area contributed by atoms with Crippen LogP contribution in [-0.4, -0.2) is 16.1 Å². The van der Waals surface area contributed by atoms with Crippen molar-refractivity contribution in [1.82, 2.24) is 4.98 Å². The molecule has 0 aliphatic heterocycles. The molecule has 0 fully saturated rings. The summed E-state index contributed by atoms with van der Waals surface area (Å²) in [4.78, 5) is 17.0. The van der Waals surface area contributed by atoms with Gasteiger partial charge in [-0.05, 0) is 11.4 Å². The summed E-state index contributed by atoms with van der Waals surface area (Å²) in [6.45, 7) is 6.11. The van der Waals surface area contributed by atoms with Crippen molar-refractivity contribution in [3.63, 3.8) is 0 Å². The average molecular weight is 267 g/mol. The van der Waals surface area contributed by atoms with Gasteiger partial charge in [0.05, 0.1) is 9.88 Å². The molecule has 1 N–H and O–H groups in total. The van der Waals surface area contributed by atoms with Crippen LogP contribution in [0.15, 0.2) is 17.5 Å². The number of carboxylic acids is 1. The lowest BCUT2D eigenvalue weighted by Gasteiger charge is -2.13. The molecule has 0 aliphatic rings. The lowest BCUT2D eigenvalue weighted by atomic mass is 9.98. The summed E-state index contributed by atoms with van der Waals surface area (Å²) in [6, 6.07) is 3.81. The molecule has 2 rings (SSSR count). The molecule has 0 atom stereocenters. The van der Waals surface area contributed by atoms with Crippen molar-refractivity contribution in [3.8, 4) is 10.6 Å². The standard InChI is InChI=1S/C12H13NO2S2/c1-12(2,3)11-13-8(7-5-4-6-16-7)9(17-11)10(14)15/h4-6H,1-3H3,(H,14,15). The molecule has 0 aromatic carbocycles. The van der Waals surface area contributed by atoms with Crippen molar-refractivity contribution >= 4 is 28.6 Å². The van der Waals surface area contributed by atoms with Gasteiger partial charge in [-0.25, -0.2) is 9.78 Å². The first kappa shape index (κ1) is 12.3. The molecule has 2 aromatic heterocycles. The quantitative estimate of drug-likeness (QED) is 0.898. The molecule has 0 aliphatic carbocycles. The van der Waals surface area contributed by atoms with E-state index in [-0.39, 0.29) is 5.41 Å². The zero-order valence-corrected chi connectivity index (χ0v) is 11.5. The first-order chi connectivity index (χ1) is 7.89. The Morgan fingerprint density at radius 2 is 2.12 bits per heavy atom.